The molecule has 0 aromatic rings. The molecule has 3 saturated carbocycles. The van der Waals surface area contributed by atoms with Crippen LogP contribution in [0.4, 0.5) is 0 Å². The number of carbonyl (C=O) groups excluding carboxylic acids is 2. The molecule has 2 nitrogen and oxygen atoms in total. The van der Waals surface area contributed by atoms with E-state index in [4.69, 9.17) is 0 Å². The highest BCUT2D eigenvalue weighted by atomic mass is 16.1. The van der Waals surface area contributed by atoms with Crippen molar-refractivity contribution in [2.75, 3.05) is 0 Å². The molecule has 2 heteroatoms. The van der Waals surface area contributed by atoms with Gasteiger partial charge >= 0.3 is 0 Å². The maximum atomic E-state index is 12.4. The van der Waals surface area contributed by atoms with Crippen LogP contribution in [0, 0.1) is 28.6 Å². The van der Waals surface area contributed by atoms with Crippen molar-refractivity contribution in [3.05, 3.63) is 0 Å². The largest absolute Gasteiger partial charge is 0.299 e. The van der Waals surface area contributed by atoms with Gasteiger partial charge in [-0.15, -0.1) is 0 Å². The van der Waals surface area contributed by atoms with Gasteiger partial charge in [0.05, 0.1) is 0 Å². The van der Waals surface area contributed by atoms with Gasteiger partial charge in [-0.1, -0.05) is 20.8 Å². The number of Topliss-reactive ketones (excluding diaryl/α,β-unsaturated/α-hetero) is 2. The van der Waals surface area contributed by atoms with E-state index in [0.29, 0.717) is 29.8 Å². The highest BCUT2D eigenvalue weighted by molar-refractivity contribution is 5.95. The monoisotopic (exact) mass is 220 g/mol. The van der Waals surface area contributed by atoms with Crippen LogP contribution in [-0.2, 0) is 9.59 Å². The van der Waals surface area contributed by atoms with Gasteiger partial charge in [0.25, 0.3) is 0 Å². The fraction of sp³-hybridized carbons (Fsp3) is 0.857. The molecule has 0 spiro atoms. The number of rotatable bonds is 0. The first-order valence-corrected chi connectivity index (χ1v) is 6.46. The second kappa shape index (κ2) is 2.77. The molecular formula is C14H20O2. The molecule has 3 fully saturated rings. The topological polar surface area (TPSA) is 34.1 Å². The maximum absolute atomic E-state index is 12.4. The molecule has 0 N–H and O–H groups in total. The molecule has 0 saturated heterocycles. The van der Waals surface area contributed by atoms with E-state index < -0.39 is 0 Å². The summed E-state index contributed by atoms with van der Waals surface area (Å²) in [6.07, 6.45) is 3.59. The molecule has 3 aliphatic carbocycles. The molecule has 3 aliphatic rings. The van der Waals surface area contributed by atoms with E-state index in [1.54, 1.807) is 0 Å². The Hall–Kier alpha value is -0.660. The fourth-order valence-electron chi connectivity index (χ4n) is 4.81. The van der Waals surface area contributed by atoms with Crippen LogP contribution >= 0.6 is 0 Å². The molecule has 16 heavy (non-hydrogen) atoms. The van der Waals surface area contributed by atoms with Crippen molar-refractivity contribution in [1.29, 1.82) is 0 Å². The lowest BCUT2D eigenvalue weighted by molar-refractivity contribution is -0.135. The van der Waals surface area contributed by atoms with Crippen molar-refractivity contribution in [3.8, 4) is 0 Å². The average molecular weight is 220 g/mol. The van der Waals surface area contributed by atoms with Gasteiger partial charge in [0, 0.05) is 23.2 Å². The molecule has 4 bridgehead atoms. The Morgan fingerprint density at radius 3 is 2.50 bits per heavy atom. The van der Waals surface area contributed by atoms with Crippen molar-refractivity contribution in [1.82, 2.24) is 0 Å². The Balaban J connectivity index is 2.14. The summed E-state index contributed by atoms with van der Waals surface area (Å²) in [6, 6.07) is 0. The summed E-state index contributed by atoms with van der Waals surface area (Å²) in [5.41, 5.74) is -0.438. The van der Waals surface area contributed by atoms with Crippen LogP contribution < -0.4 is 0 Å². The smallest absolute Gasteiger partial charge is 0.142 e. The maximum Gasteiger partial charge on any atom is 0.142 e. The highest BCUT2D eigenvalue weighted by Crippen LogP contribution is 2.65. The summed E-state index contributed by atoms with van der Waals surface area (Å²) in [7, 11) is 0. The third-order valence-electron chi connectivity index (χ3n) is 5.80. The molecule has 4 atom stereocenters. The van der Waals surface area contributed by atoms with E-state index >= 15 is 0 Å². The zero-order chi connectivity index (χ0) is 11.7. The van der Waals surface area contributed by atoms with Crippen molar-refractivity contribution in [2.24, 2.45) is 28.6 Å². The second-order valence-electron chi connectivity index (χ2n) is 6.74. The zero-order valence-corrected chi connectivity index (χ0v) is 10.4. The van der Waals surface area contributed by atoms with Crippen LogP contribution in [0.1, 0.15) is 46.5 Å². The van der Waals surface area contributed by atoms with E-state index in [9.17, 15) is 9.59 Å². The summed E-state index contributed by atoms with van der Waals surface area (Å²) in [4.78, 5) is 24.6. The van der Waals surface area contributed by atoms with E-state index in [-0.39, 0.29) is 16.7 Å². The molecular weight excluding hydrogens is 200 g/mol. The normalized spacial score (nSPS) is 49.6. The molecule has 0 aromatic heterocycles. The van der Waals surface area contributed by atoms with Crippen LogP contribution in [0.5, 0.6) is 0 Å². The lowest BCUT2D eigenvalue weighted by Gasteiger charge is -2.32. The second-order valence-corrected chi connectivity index (χ2v) is 6.74. The molecule has 0 amide bonds. The molecule has 0 aromatic carbocycles. The van der Waals surface area contributed by atoms with Crippen LogP contribution in [-0.4, -0.2) is 11.6 Å². The van der Waals surface area contributed by atoms with Gasteiger partial charge in [-0.05, 0) is 31.1 Å². The van der Waals surface area contributed by atoms with Gasteiger partial charge in [-0.25, -0.2) is 0 Å². The SMILES string of the molecule is CC1(C)C(=O)CC[C@]2(C)C(=O)[C@H]3CC[C@@H]2[C@H]31. The minimum Gasteiger partial charge on any atom is -0.299 e. The third-order valence-corrected chi connectivity index (χ3v) is 5.80. The Kier molecular flexibility index (Phi) is 1.82. The first kappa shape index (κ1) is 10.5. The molecule has 88 valence electrons. The molecule has 3 rings (SSSR count). The minimum absolute atomic E-state index is 0.170. The summed E-state index contributed by atoms with van der Waals surface area (Å²) in [5, 5.41) is 0. The van der Waals surface area contributed by atoms with Gasteiger partial charge in [-0.2, -0.15) is 0 Å². The van der Waals surface area contributed by atoms with Crippen LogP contribution in [0.2, 0.25) is 0 Å². The van der Waals surface area contributed by atoms with E-state index in [1.165, 1.54) is 0 Å². The van der Waals surface area contributed by atoms with Gasteiger partial charge in [-0.3, -0.25) is 9.59 Å². The lowest BCUT2D eigenvalue weighted by atomic mass is 9.70. The first-order valence-electron chi connectivity index (χ1n) is 6.46. The summed E-state index contributed by atoms with van der Waals surface area (Å²) < 4.78 is 0. The summed E-state index contributed by atoms with van der Waals surface area (Å²) in [6.45, 7) is 6.24. The van der Waals surface area contributed by atoms with Gasteiger partial charge < -0.3 is 0 Å². The fourth-order valence-corrected chi connectivity index (χ4v) is 4.81. The zero-order valence-electron chi connectivity index (χ0n) is 10.4. The Morgan fingerprint density at radius 1 is 1.12 bits per heavy atom. The standard InChI is InChI=1S/C14H20O2/c1-13(2)10(15)6-7-14(3)9-5-4-8(11(9)13)12(14)16/h8-9,11H,4-7H2,1-3H3/t8-,9+,11-,14-/m0/s1. The van der Waals surface area contributed by atoms with Crippen molar-refractivity contribution >= 4 is 11.6 Å². The van der Waals surface area contributed by atoms with E-state index in [1.807, 2.05) is 0 Å². The predicted molar refractivity (Wildman–Crippen MR) is 60.8 cm³/mol. The van der Waals surface area contributed by atoms with E-state index in [2.05, 4.69) is 20.8 Å². The van der Waals surface area contributed by atoms with Gasteiger partial charge in [0.2, 0.25) is 0 Å². The molecule has 0 aliphatic heterocycles. The Morgan fingerprint density at radius 2 is 1.81 bits per heavy atom. The Bertz CT molecular complexity index is 382. The highest BCUT2D eigenvalue weighted by Gasteiger charge is 2.66. The van der Waals surface area contributed by atoms with Crippen molar-refractivity contribution in [3.63, 3.8) is 0 Å². The molecule has 0 unspecified atom stereocenters. The average Bonchev–Trinajstić information content (AvgIpc) is 2.72. The van der Waals surface area contributed by atoms with Crippen LogP contribution in [0.25, 0.3) is 0 Å². The first-order chi connectivity index (χ1) is 7.39. The van der Waals surface area contributed by atoms with E-state index in [0.717, 1.165) is 19.3 Å². The molecule has 0 radical (unpaired) electrons. The minimum atomic E-state index is -0.268. The number of hydrogen-bond acceptors (Lipinski definition) is 2. The van der Waals surface area contributed by atoms with Crippen LogP contribution in [0.3, 0.4) is 0 Å². The van der Waals surface area contributed by atoms with Crippen molar-refractivity contribution in [2.45, 2.75) is 46.5 Å². The third kappa shape index (κ3) is 0.946. The predicted octanol–water partition coefficient (Wildman–Crippen LogP) is 2.61. The van der Waals surface area contributed by atoms with Gasteiger partial charge in [0.1, 0.15) is 11.6 Å². The van der Waals surface area contributed by atoms with Crippen molar-refractivity contribution < 1.29 is 9.59 Å². The summed E-state index contributed by atoms with van der Waals surface area (Å²) >= 11 is 0. The summed E-state index contributed by atoms with van der Waals surface area (Å²) in [5.74, 6) is 1.85. The number of ketones is 2. The Labute approximate surface area is 96.8 Å². The number of carbonyl (C=O) groups is 2. The van der Waals surface area contributed by atoms with Gasteiger partial charge in [0.15, 0.2) is 0 Å². The molecule has 0 heterocycles. The van der Waals surface area contributed by atoms with Crippen LogP contribution in [0.15, 0.2) is 0 Å². The quantitative estimate of drug-likeness (QED) is 0.629. The number of hydrogen-bond donors (Lipinski definition) is 0. The lowest BCUT2D eigenvalue weighted by Crippen LogP contribution is -2.36.